The highest BCUT2D eigenvalue weighted by molar-refractivity contribution is 7.25. The highest BCUT2D eigenvalue weighted by Crippen LogP contribution is 2.41. The third-order valence-electron chi connectivity index (χ3n) is 7.42. The molecule has 0 fully saturated rings. The van der Waals surface area contributed by atoms with Crippen molar-refractivity contribution < 1.29 is 0 Å². The summed E-state index contributed by atoms with van der Waals surface area (Å²) >= 11 is 10.0. The summed E-state index contributed by atoms with van der Waals surface area (Å²) in [5.41, 5.74) is 5.17. The molecule has 0 unspecified atom stereocenters. The Bertz CT molecular complexity index is 2360. The Morgan fingerprint density at radius 3 is 1.65 bits per heavy atom. The van der Waals surface area contributed by atoms with Gasteiger partial charge in [-0.3, -0.25) is 9.97 Å². The summed E-state index contributed by atoms with van der Waals surface area (Å²) in [6.07, 6.45) is 7.80. The van der Waals surface area contributed by atoms with Gasteiger partial charge in [0, 0.05) is 72.3 Å². The first-order chi connectivity index (χ1) is 23.6. The Morgan fingerprint density at radius 2 is 1.12 bits per heavy atom. The molecule has 0 radical (unpaired) electrons. The molecule has 4 nitrogen and oxygen atoms in total. The van der Waals surface area contributed by atoms with Crippen LogP contribution in [0.2, 0.25) is 0 Å². The van der Waals surface area contributed by atoms with Crippen molar-refractivity contribution in [1.82, 2.24) is 9.97 Å². The van der Waals surface area contributed by atoms with E-state index >= 15 is 0 Å². The van der Waals surface area contributed by atoms with Crippen LogP contribution in [0.3, 0.4) is 0 Å². The second kappa shape index (κ2) is 13.4. The summed E-state index contributed by atoms with van der Waals surface area (Å²) in [4.78, 5) is 24.5. The molecule has 0 bridgehead atoms. The van der Waals surface area contributed by atoms with Crippen LogP contribution in [0.1, 0.15) is 19.5 Å². The molecule has 8 aromatic rings. The number of allylic oxidation sites excluding steroid dienone is 1. The topological polar surface area (TPSA) is 53.9 Å². The van der Waals surface area contributed by atoms with Crippen molar-refractivity contribution in [3.05, 3.63) is 139 Å². The molecule has 0 aromatic carbocycles. The monoisotopic (exact) mass is 724 g/mol. The van der Waals surface area contributed by atoms with Gasteiger partial charge in [0.05, 0.1) is 23.2 Å². The third-order valence-corrected chi connectivity index (χ3v) is 13.9. The van der Waals surface area contributed by atoms with Crippen LogP contribution in [0.5, 0.6) is 0 Å². The number of fused-ring (bicyclic) bond motifs is 1. The maximum atomic E-state index is 9.63. The summed E-state index contributed by atoms with van der Waals surface area (Å²) in [6.45, 7) is 7.59. The third kappa shape index (κ3) is 6.26. The molecule has 8 aromatic heterocycles. The Morgan fingerprint density at radius 1 is 0.625 bits per heavy atom. The fourth-order valence-corrected chi connectivity index (χ4v) is 10.5. The van der Waals surface area contributed by atoms with Crippen LogP contribution in [0.15, 0.2) is 108 Å². The lowest BCUT2D eigenvalue weighted by Gasteiger charge is -2.03. The summed E-state index contributed by atoms with van der Waals surface area (Å²) in [6, 6.07) is 31.5. The number of hydrogen-bond acceptors (Lipinski definition) is 9. The Kier molecular flexibility index (Phi) is 8.52. The number of thiophene rings is 6. The van der Waals surface area contributed by atoms with Crippen LogP contribution in [0, 0.1) is 17.9 Å². The fraction of sp³-hybridized carbons (Fsp3) is 0. The number of nitrogens with zero attached hydrogens (tertiary/aromatic N) is 4. The standard InChI is InChI=1S/C38H20N4S6/c1-40-30(34-5-3-15-44-34)19-27-7-9-36(46-27)38-13-11-33(48-38)25-18-29-28(42-22-25)17-24(21-41-29)32-10-12-37(47-32)35-8-6-26(45-35)16-23(20-39)31-4-2-14-43-31/h2-19,21-22H/b23-16+,30-19-. The molecule has 0 amide bonds. The Labute approximate surface area is 301 Å². The van der Waals surface area contributed by atoms with E-state index in [0.717, 1.165) is 51.4 Å². The van der Waals surface area contributed by atoms with Crippen molar-refractivity contribution in [2.45, 2.75) is 0 Å². The van der Waals surface area contributed by atoms with Crippen molar-refractivity contribution in [2.75, 3.05) is 0 Å². The lowest BCUT2D eigenvalue weighted by molar-refractivity contribution is 1.34. The van der Waals surface area contributed by atoms with Crippen molar-refractivity contribution in [3.63, 3.8) is 0 Å². The molecule has 0 saturated carbocycles. The fourth-order valence-electron chi connectivity index (χ4n) is 5.10. The average molecular weight is 725 g/mol. The molecule has 0 aliphatic heterocycles. The SMILES string of the molecule is [C-]#[N+]/C(=C\c1ccc(-c2ccc(-c3cnc4cc(-c5ccc(-c6ccc(/C=C(\C#N)c7cccs7)s6)s5)cnc4c3)s2)s1)c1cccs1. The summed E-state index contributed by atoms with van der Waals surface area (Å²) in [7, 11) is 0. The van der Waals surface area contributed by atoms with Gasteiger partial charge in [-0.1, -0.05) is 18.2 Å². The first kappa shape index (κ1) is 30.5. The van der Waals surface area contributed by atoms with Gasteiger partial charge in [0.1, 0.15) is 6.07 Å². The minimum Gasteiger partial charge on any atom is -0.254 e. The normalized spacial score (nSPS) is 12.0. The predicted octanol–water partition coefficient (Wildman–Crippen LogP) is 13.1. The summed E-state index contributed by atoms with van der Waals surface area (Å²) < 4.78 is 0. The van der Waals surface area contributed by atoms with Gasteiger partial charge in [0.15, 0.2) is 0 Å². The van der Waals surface area contributed by atoms with E-state index in [0.29, 0.717) is 11.3 Å². The first-order valence-electron chi connectivity index (χ1n) is 14.6. The van der Waals surface area contributed by atoms with Crippen LogP contribution in [0.25, 0.3) is 79.7 Å². The number of hydrogen-bond donors (Lipinski definition) is 0. The molecule has 228 valence electrons. The number of rotatable bonds is 8. The average Bonchev–Trinajstić information content (AvgIpc) is 3.95. The zero-order valence-electron chi connectivity index (χ0n) is 24.8. The van der Waals surface area contributed by atoms with Crippen LogP contribution in [0.4, 0.5) is 0 Å². The van der Waals surface area contributed by atoms with Crippen LogP contribution >= 0.6 is 68.0 Å². The van der Waals surface area contributed by atoms with Gasteiger partial charge in [0.2, 0.25) is 5.70 Å². The second-order valence-corrected chi connectivity index (χ2v) is 16.8. The lowest BCUT2D eigenvalue weighted by atomic mass is 10.1. The quantitative estimate of drug-likeness (QED) is 0.116. The Hall–Kier alpha value is -4.78. The molecule has 10 heteroatoms. The van der Waals surface area contributed by atoms with Crippen LogP contribution in [-0.4, -0.2) is 9.97 Å². The van der Waals surface area contributed by atoms with Gasteiger partial charge in [0.25, 0.3) is 0 Å². The van der Waals surface area contributed by atoms with Gasteiger partial charge >= 0.3 is 0 Å². The van der Waals surface area contributed by atoms with E-state index in [-0.39, 0.29) is 0 Å². The summed E-state index contributed by atoms with van der Waals surface area (Å²) in [5.74, 6) is 0. The maximum Gasteiger partial charge on any atom is 0.205 e. The zero-order chi connectivity index (χ0) is 32.5. The van der Waals surface area contributed by atoms with Gasteiger partial charge in [-0.2, -0.15) is 16.6 Å². The number of nitriles is 1. The molecule has 0 aliphatic rings. The van der Waals surface area contributed by atoms with E-state index in [1.807, 2.05) is 59.6 Å². The molecule has 8 rings (SSSR count). The molecule has 0 spiro atoms. The minimum atomic E-state index is 0.674. The first-order valence-corrected chi connectivity index (χ1v) is 19.6. The molecular formula is C38H20N4S6. The van der Waals surface area contributed by atoms with Crippen molar-refractivity contribution >= 4 is 102 Å². The van der Waals surface area contributed by atoms with Crippen LogP contribution in [-0.2, 0) is 0 Å². The number of aromatic nitrogens is 2. The minimum absolute atomic E-state index is 0.674. The van der Waals surface area contributed by atoms with E-state index in [1.54, 1.807) is 68.0 Å². The molecule has 0 aliphatic carbocycles. The van der Waals surface area contributed by atoms with Crippen molar-refractivity contribution in [1.29, 1.82) is 5.26 Å². The van der Waals surface area contributed by atoms with Gasteiger partial charge in [-0.25, -0.2) is 4.85 Å². The lowest BCUT2D eigenvalue weighted by Crippen LogP contribution is -1.86. The second-order valence-electron chi connectivity index (χ2n) is 10.5. The Balaban J connectivity index is 0.994. The van der Waals surface area contributed by atoms with E-state index in [4.69, 9.17) is 16.5 Å². The van der Waals surface area contributed by atoms with E-state index in [9.17, 15) is 5.26 Å². The molecule has 8 heterocycles. The van der Waals surface area contributed by atoms with Gasteiger partial charge < -0.3 is 0 Å². The molecule has 0 N–H and O–H groups in total. The highest BCUT2D eigenvalue weighted by Gasteiger charge is 2.13. The van der Waals surface area contributed by atoms with Gasteiger partial charge in [-0.15, -0.1) is 56.7 Å². The molecule has 0 atom stereocenters. The predicted molar refractivity (Wildman–Crippen MR) is 209 cm³/mol. The summed E-state index contributed by atoms with van der Waals surface area (Å²) in [5, 5.41) is 13.6. The van der Waals surface area contributed by atoms with E-state index in [2.05, 4.69) is 71.6 Å². The van der Waals surface area contributed by atoms with E-state index < -0.39 is 0 Å². The largest absolute Gasteiger partial charge is 0.254 e. The zero-order valence-corrected chi connectivity index (χ0v) is 29.7. The maximum absolute atomic E-state index is 9.63. The molecule has 0 saturated heterocycles. The van der Waals surface area contributed by atoms with Gasteiger partial charge in [-0.05, 0) is 89.6 Å². The highest BCUT2D eigenvalue weighted by atomic mass is 32.1. The molecule has 48 heavy (non-hydrogen) atoms. The molecular weight excluding hydrogens is 705 g/mol. The van der Waals surface area contributed by atoms with Crippen molar-refractivity contribution in [3.8, 4) is 46.5 Å². The number of pyridine rings is 2. The van der Waals surface area contributed by atoms with Crippen molar-refractivity contribution in [2.24, 2.45) is 0 Å². The smallest absolute Gasteiger partial charge is 0.205 e. The van der Waals surface area contributed by atoms with Crippen LogP contribution < -0.4 is 0 Å². The van der Waals surface area contributed by atoms with E-state index in [1.165, 1.54) is 19.5 Å².